The second kappa shape index (κ2) is 3.64. The molecule has 1 aromatic rings. The molecule has 1 aromatic heterocycles. The Labute approximate surface area is 83.6 Å². The summed E-state index contributed by atoms with van der Waals surface area (Å²) in [5.74, 6) is 0. The quantitative estimate of drug-likeness (QED) is 0.706. The smallest absolute Gasteiger partial charge is 0.129 e. The van der Waals surface area contributed by atoms with Crippen molar-refractivity contribution in [3.05, 3.63) is 29.0 Å². The maximum atomic E-state index is 9.86. The molecule has 0 saturated heterocycles. The summed E-state index contributed by atoms with van der Waals surface area (Å²) < 4.78 is 0. The Morgan fingerprint density at radius 1 is 1.38 bits per heavy atom. The van der Waals surface area contributed by atoms with E-state index >= 15 is 0 Å². The van der Waals surface area contributed by atoms with Gasteiger partial charge in [0.15, 0.2) is 0 Å². The van der Waals surface area contributed by atoms with Crippen molar-refractivity contribution >= 4 is 11.6 Å². The summed E-state index contributed by atoms with van der Waals surface area (Å²) in [6, 6.07) is 5.27. The van der Waals surface area contributed by atoms with Crippen molar-refractivity contribution in [3.63, 3.8) is 0 Å². The fraction of sp³-hybridized carbons (Fsp3) is 0.500. The summed E-state index contributed by atoms with van der Waals surface area (Å²) in [5, 5.41) is 10.3. The minimum atomic E-state index is -0.578. The Bertz CT molecular complexity index is 293. The van der Waals surface area contributed by atoms with E-state index in [9.17, 15) is 5.11 Å². The molecule has 13 heavy (non-hydrogen) atoms. The van der Waals surface area contributed by atoms with Gasteiger partial charge in [0.2, 0.25) is 0 Å². The molecule has 1 heterocycles. The predicted octanol–water partition coefficient (Wildman–Crippen LogP) is 2.81. The summed E-state index contributed by atoms with van der Waals surface area (Å²) in [6.45, 7) is 5.88. The van der Waals surface area contributed by atoms with Gasteiger partial charge in [-0.1, -0.05) is 38.4 Å². The Kier molecular flexibility index (Phi) is 2.94. The molecule has 1 atom stereocenters. The number of hydrogen-bond acceptors (Lipinski definition) is 2. The summed E-state index contributed by atoms with van der Waals surface area (Å²) in [5.41, 5.74) is 0.414. The molecule has 0 unspecified atom stereocenters. The number of hydrogen-bond donors (Lipinski definition) is 1. The van der Waals surface area contributed by atoms with Crippen LogP contribution in [0.15, 0.2) is 18.2 Å². The lowest BCUT2D eigenvalue weighted by molar-refractivity contribution is 0.0589. The lowest BCUT2D eigenvalue weighted by atomic mass is 9.87. The van der Waals surface area contributed by atoms with Crippen molar-refractivity contribution < 1.29 is 5.11 Å². The second-order valence-corrected chi connectivity index (χ2v) is 4.54. The van der Waals surface area contributed by atoms with Crippen LogP contribution in [0.1, 0.15) is 32.6 Å². The Hall–Kier alpha value is -0.600. The number of pyridine rings is 1. The van der Waals surface area contributed by atoms with Crippen molar-refractivity contribution in [1.82, 2.24) is 4.98 Å². The highest BCUT2D eigenvalue weighted by Crippen LogP contribution is 2.31. The van der Waals surface area contributed by atoms with E-state index in [2.05, 4.69) is 4.98 Å². The van der Waals surface area contributed by atoms with Gasteiger partial charge in [-0.2, -0.15) is 0 Å². The first-order valence-corrected chi connectivity index (χ1v) is 4.59. The van der Waals surface area contributed by atoms with Gasteiger partial charge >= 0.3 is 0 Å². The third kappa shape index (κ3) is 2.68. The molecule has 72 valence electrons. The van der Waals surface area contributed by atoms with E-state index in [-0.39, 0.29) is 5.41 Å². The van der Waals surface area contributed by atoms with Crippen LogP contribution in [0.2, 0.25) is 5.15 Å². The standard InChI is InChI=1S/C10H14ClNO/c1-10(2,3)9(13)7-5-4-6-8(11)12-7/h4-6,9,13H,1-3H3/t9-/m1/s1. The van der Waals surface area contributed by atoms with Gasteiger partial charge in [-0.15, -0.1) is 0 Å². The molecule has 0 aromatic carbocycles. The van der Waals surface area contributed by atoms with Crippen LogP contribution in [0.25, 0.3) is 0 Å². The normalized spacial score (nSPS) is 14.2. The highest BCUT2D eigenvalue weighted by atomic mass is 35.5. The molecule has 0 spiro atoms. The highest BCUT2D eigenvalue weighted by Gasteiger charge is 2.24. The van der Waals surface area contributed by atoms with E-state index in [1.165, 1.54) is 0 Å². The van der Waals surface area contributed by atoms with Gasteiger partial charge in [0.1, 0.15) is 11.3 Å². The third-order valence-corrected chi connectivity index (χ3v) is 2.05. The van der Waals surface area contributed by atoms with Crippen LogP contribution < -0.4 is 0 Å². The molecule has 2 nitrogen and oxygen atoms in total. The molecule has 1 N–H and O–H groups in total. The number of rotatable bonds is 1. The average Bonchev–Trinajstić information content (AvgIpc) is 2.01. The molecule has 3 heteroatoms. The van der Waals surface area contributed by atoms with Crippen LogP contribution in [0, 0.1) is 5.41 Å². The maximum Gasteiger partial charge on any atom is 0.129 e. The summed E-state index contributed by atoms with van der Waals surface area (Å²) in [4.78, 5) is 4.05. The third-order valence-electron chi connectivity index (χ3n) is 1.84. The molecule has 0 radical (unpaired) electrons. The van der Waals surface area contributed by atoms with Gasteiger partial charge < -0.3 is 5.11 Å². The molecule has 0 amide bonds. The zero-order valence-corrected chi connectivity index (χ0v) is 8.84. The first-order chi connectivity index (χ1) is 5.91. The fourth-order valence-corrected chi connectivity index (χ4v) is 1.19. The van der Waals surface area contributed by atoms with Crippen molar-refractivity contribution in [3.8, 4) is 0 Å². The lowest BCUT2D eigenvalue weighted by Gasteiger charge is -2.25. The van der Waals surface area contributed by atoms with E-state index in [0.29, 0.717) is 10.8 Å². The minimum absolute atomic E-state index is 0.211. The number of nitrogens with zero attached hydrogens (tertiary/aromatic N) is 1. The van der Waals surface area contributed by atoms with Gasteiger partial charge in [-0.3, -0.25) is 0 Å². The highest BCUT2D eigenvalue weighted by molar-refractivity contribution is 6.29. The first-order valence-electron chi connectivity index (χ1n) is 4.22. The van der Waals surface area contributed by atoms with Crippen molar-refractivity contribution in [1.29, 1.82) is 0 Å². The van der Waals surface area contributed by atoms with Crippen LogP contribution in [0.3, 0.4) is 0 Å². The number of halogens is 1. The monoisotopic (exact) mass is 199 g/mol. The van der Waals surface area contributed by atoms with Gasteiger partial charge in [0.05, 0.1) is 5.69 Å². The molecule has 1 rings (SSSR count). The SMILES string of the molecule is CC(C)(C)[C@H](O)c1cccc(Cl)n1. The Morgan fingerprint density at radius 3 is 2.46 bits per heavy atom. The van der Waals surface area contributed by atoms with Crippen molar-refractivity contribution in [2.75, 3.05) is 0 Å². The van der Waals surface area contributed by atoms with Crippen LogP contribution in [0.4, 0.5) is 0 Å². The molecule has 0 saturated carbocycles. The maximum absolute atomic E-state index is 9.86. The summed E-state index contributed by atoms with van der Waals surface area (Å²) in [7, 11) is 0. The van der Waals surface area contributed by atoms with E-state index in [1.807, 2.05) is 20.8 Å². The van der Waals surface area contributed by atoms with Crippen molar-refractivity contribution in [2.24, 2.45) is 5.41 Å². The first kappa shape index (κ1) is 10.5. The number of aliphatic hydroxyl groups is 1. The van der Waals surface area contributed by atoms with E-state index in [0.717, 1.165) is 0 Å². The molecule has 0 aliphatic rings. The zero-order chi connectivity index (χ0) is 10.1. The van der Waals surface area contributed by atoms with E-state index in [4.69, 9.17) is 11.6 Å². The average molecular weight is 200 g/mol. The lowest BCUT2D eigenvalue weighted by Crippen LogP contribution is -2.18. The van der Waals surface area contributed by atoms with Crippen LogP contribution in [-0.4, -0.2) is 10.1 Å². The Balaban J connectivity index is 2.96. The largest absolute Gasteiger partial charge is 0.386 e. The zero-order valence-electron chi connectivity index (χ0n) is 8.08. The minimum Gasteiger partial charge on any atom is -0.386 e. The van der Waals surface area contributed by atoms with Gasteiger partial charge in [-0.05, 0) is 17.5 Å². The molecule has 0 aliphatic carbocycles. The van der Waals surface area contributed by atoms with Crippen LogP contribution in [0.5, 0.6) is 0 Å². The second-order valence-electron chi connectivity index (χ2n) is 4.15. The number of aromatic nitrogens is 1. The fourth-order valence-electron chi connectivity index (χ4n) is 1.02. The molecular weight excluding hydrogens is 186 g/mol. The Morgan fingerprint density at radius 2 is 2.00 bits per heavy atom. The van der Waals surface area contributed by atoms with Gasteiger partial charge in [0, 0.05) is 0 Å². The van der Waals surface area contributed by atoms with E-state index in [1.54, 1.807) is 18.2 Å². The predicted molar refractivity (Wildman–Crippen MR) is 53.7 cm³/mol. The molecule has 0 aliphatic heterocycles. The number of aliphatic hydroxyl groups excluding tert-OH is 1. The topological polar surface area (TPSA) is 33.1 Å². The summed E-state index contributed by atoms with van der Waals surface area (Å²) in [6.07, 6.45) is -0.578. The molecule has 0 bridgehead atoms. The van der Waals surface area contributed by atoms with Crippen LogP contribution in [-0.2, 0) is 0 Å². The molecular formula is C10H14ClNO. The van der Waals surface area contributed by atoms with Crippen LogP contribution >= 0.6 is 11.6 Å². The summed E-state index contributed by atoms with van der Waals surface area (Å²) >= 11 is 5.72. The van der Waals surface area contributed by atoms with Gasteiger partial charge in [0.25, 0.3) is 0 Å². The molecule has 0 fully saturated rings. The van der Waals surface area contributed by atoms with Gasteiger partial charge in [-0.25, -0.2) is 4.98 Å². The van der Waals surface area contributed by atoms with E-state index < -0.39 is 6.10 Å². The van der Waals surface area contributed by atoms with Crippen molar-refractivity contribution in [2.45, 2.75) is 26.9 Å².